The molecule has 0 fully saturated rings. The van der Waals surface area contributed by atoms with Gasteiger partial charge in [-0.05, 0) is 18.5 Å². The van der Waals surface area contributed by atoms with Crippen molar-refractivity contribution >= 4 is 30.0 Å². The van der Waals surface area contributed by atoms with E-state index in [2.05, 4.69) is 0 Å². The molecule has 0 heterocycles. The first-order chi connectivity index (χ1) is 5.91. The molecule has 3 nitrogen and oxygen atoms in total. The van der Waals surface area contributed by atoms with Crippen LogP contribution in [0.1, 0.15) is 6.42 Å². The van der Waals surface area contributed by atoms with Crippen LogP contribution < -0.4 is 0 Å². The molecule has 0 N–H and O–H groups in total. The van der Waals surface area contributed by atoms with Crippen molar-refractivity contribution in [2.24, 2.45) is 0 Å². The van der Waals surface area contributed by atoms with Gasteiger partial charge in [0.15, 0.2) is 19.5 Å². The Bertz CT molecular complexity index is 74.4. The van der Waals surface area contributed by atoms with Gasteiger partial charge in [0.1, 0.15) is 10.5 Å². The number of hydrogen-bond donors (Lipinski definition) is 0. The summed E-state index contributed by atoms with van der Waals surface area (Å²) in [7, 11) is 2.18. The van der Waals surface area contributed by atoms with E-state index in [1.165, 1.54) is 18.5 Å². The largest absolute Gasteiger partial charge is 0.428 e. The Morgan fingerprint density at radius 2 is 2.00 bits per heavy atom. The average molecular weight is 224 g/mol. The molecular formula is C6H20O3Si3. The van der Waals surface area contributed by atoms with Crippen LogP contribution in [0.5, 0.6) is 0 Å². The molecule has 0 bridgehead atoms. The number of rotatable bonds is 9. The van der Waals surface area contributed by atoms with Gasteiger partial charge in [0.05, 0.1) is 0 Å². The first-order valence-electron chi connectivity index (χ1n) is 4.47. The van der Waals surface area contributed by atoms with Gasteiger partial charge in [-0.25, -0.2) is 0 Å². The highest BCUT2D eigenvalue weighted by molar-refractivity contribution is 6.28. The molecule has 0 rings (SSSR count). The molecule has 0 aromatic rings. The van der Waals surface area contributed by atoms with E-state index in [0.29, 0.717) is 0 Å². The van der Waals surface area contributed by atoms with Gasteiger partial charge in [0.25, 0.3) is 0 Å². The summed E-state index contributed by atoms with van der Waals surface area (Å²) in [6.07, 6.45) is 1.19. The van der Waals surface area contributed by atoms with Gasteiger partial charge in [0.2, 0.25) is 0 Å². The normalized spacial score (nSPS) is 12.8. The summed E-state index contributed by atoms with van der Waals surface area (Å²) >= 11 is 0. The topological polar surface area (TPSA) is 27.7 Å². The lowest BCUT2D eigenvalue weighted by atomic mass is 10.5. The molecule has 0 aliphatic carbocycles. The van der Waals surface area contributed by atoms with Crippen molar-refractivity contribution < 1.29 is 13.3 Å². The summed E-state index contributed by atoms with van der Waals surface area (Å²) in [4.78, 5) is 0. The summed E-state index contributed by atoms with van der Waals surface area (Å²) in [6, 6.07) is 2.43. The molecule has 0 aromatic carbocycles. The molecule has 0 aromatic heterocycles. The van der Waals surface area contributed by atoms with Crippen molar-refractivity contribution in [2.45, 2.75) is 18.5 Å². The van der Waals surface area contributed by atoms with Gasteiger partial charge in [0, 0.05) is 20.3 Å². The fourth-order valence-electron chi connectivity index (χ4n) is 0.858. The Balaban J connectivity index is 2.73. The van der Waals surface area contributed by atoms with Crippen molar-refractivity contribution in [1.29, 1.82) is 0 Å². The predicted molar refractivity (Wildman–Crippen MR) is 60.2 cm³/mol. The molecule has 0 radical (unpaired) electrons. The Hall–Kier alpha value is 0.531. The minimum Gasteiger partial charge on any atom is -0.428 e. The molecule has 0 unspecified atom stereocenters. The van der Waals surface area contributed by atoms with Crippen LogP contribution in [0.2, 0.25) is 12.1 Å². The summed E-state index contributed by atoms with van der Waals surface area (Å²) in [5.74, 6) is 0. The van der Waals surface area contributed by atoms with Crippen molar-refractivity contribution in [1.82, 2.24) is 0 Å². The Labute approximate surface area is 82.6 Å². The first-order valence-corrected chi connectivity index (χ1v) is 8.44. The average Bonchev–Trinajstić information content (AvgIpc) is 2.10. The third-order valence-electron chi connectivity index (χ3n) is 1.52. The van der Waals surface area contributed by atoms with Crippen molar-refractivity contribution in [3.8, 4) is 0 Å². The summed E-state index contributed by atoms with van der Waals surface area (Å²) in [6.45, 7) is 1.88. The van der Waals surface area contributed by atoms with E-state index in [4.69, 9.17) is 13.3 Å². The second-order valence-corrected chi connectivity index (χ2v) is 6.45. The smallest absolute Gasteiger partial charge is 0.163 e. The Morgan fingerprint density at radius 3 is 2.67 bits per heavy atom. The maximum atomic E-state index is 5.53. The van der Waals surface area contributed by atoms with Crippen LogP contribution in [0.15, 0.2) is 0 Å². The van der Waals surface area contributed by atoms with E-state index in [0.717, 1.165) is 23.7 Å². The molecule has 0 saturated carbocycles. The lowest BCUT2D eigenvalue weighted by Gasteiger charge is -2.02. The maximum absolute atomic E-state index is 5.53. The van der Waals surface area contributed by atoms with Crippen molar-refractivity contribution in [3.63, 3.8) is 0 Å². The van der Waals surface area contributed by atoms with Crippen LogP contribution in [0.3, 0.4) is 0 Å². The molecule has 0 atom stereocenters. The predicted octanol–water partition coefficient (Wildman–Crippen LogP) is -1.66. The monoisotopic (exact) mass is 224 g/mol. The van der Waals surface area contributed by atoms with Crippen LogP contribution in [-0.2, 0) is 13.3 Å². The SMILES string of the molecule is CO[SiH2]CCO[SiH2]CCCO[SiH3]. The molecule has 6 heteroatoms. The zero-order valence-electron chi connectivity index (χ0n) is 8.17. The quantitative estimate of drug-likeness (QED) is 0.347. The lowest BCUT2D eigenvalue weighted by molar-refractivity contribution is 0.330. The van der Waals surface area contributed by atoms with E-state index in [9.17, 15) is 0 Å². The Morgan fingerprint density at radius 1 is 1.17 bits per heavy atom. The maximum Gasteiger partial charge on any atom is 0.163 e. The van der Waals surface area contributed by atoms with Crippen LogP contribution in [-0.4, -0.2) is 50.3 Å². The van der Waals surface area contributed by atoms with Crippen LogP contribution in [0.25, 0.3) is 0 Å². The molecule has 74 valence electrons. The minimum absolute atomic E-state index is 0.235. The van der Waals surface area contributed by atoms with Gasteiger partial charge >= 0.3 is 0 Å². The summed E-state index contributed by atoms with van der Waals surface area (Å²) in [5, 5.41) is 0. The summed E-state index contributed by atoms with van der Waals surface area (Å²) < 4.78 is 15.7. The zero-order chi connectivity index (χ0) is 9.07. The van der Waals surface area contributed by atoms with Gasteiger partial charge < -0.3 is 13.3 Å². The fourth-order valence-corrected chi connectivity index (χ4v) is 3.19. The van der Waals surface area contributed by atoms with E-state index in [1.54, 1.807) is 7.11 Å². The van der Waals surface area contributed by atoms with Crippen LogP contribution >= 0.6 is 0 Å². The van der Waals surface area contributed by atoms with Crippen LogP contribution in [0, 0.1) is 0 Å². The van der Waals surface area contributed by atoms with Gasteiger partial charge in [-0.15, -0.1) is 0 Å². The molecule has 0 aliphatic rings. The van der Waals surface area contributed by atoms with Gasteiger partial charge in [-0.2, -0.15) is 0 Å². The standard InChI is InChI=1S/C6H20O3Si3/c1-7-11-6-4-9-12-5-2-3-8-10/h2-6,11-12H2,1,10H3. The summed E-state index contributed by atoms with van der Waals surface area (Å²) in [5.41, 5.74) is 0. The van der Waals surface area contributed by atoms with E-state index in [1.807, 2.05) is 0 Å². The van der Waals surface area contributed by atoms with E-state index < -0.39 is 0 Å². The van der Waals surface area contributed by atoms with Crippen LogP contribution in [0.4, 0.5) is 0 Å². The van der Waals surface area contributed by atoms with Gasteiger partial charge in [-0.3, -0.25) is 0 Å². The molecule has 0 aliphatic heterocycles. The second-order valence-electron chi connectivity index (χ2n) is 2.66. The molecule has 0 saturated heterocycles. The molecule has 0 amide bonds. The fraction of sp³-hybridized carbons (Fsp3) is 1.00. The number of hydrogen-bond acceptors (Lipinski definition) is 3. The minimum atomic E-state index is -0.244. The molecular weight excluding hydrogens is 204 g/mol. The zero-order valence-corrected chi connectivity index (χ0v) is 13.0. The van der Waals surface area contributed by atoms with Crippen molar-refractivity contribution in [3.05, 3.63) is 0 Å². The highest BCUT2D eigenvalue weighted by Gasteiger charge is 1.91. The van der Waals surface area contributed by atoms with Crippen molar-refractivity contribution in [2.75, 3.05) is 20.3 Å². The second kappa shape index (κ2) is 11.5. The third kappa shape index (κ3) is 10.5. The highest BCUT2D eigenvalue weighted by atomic mass is 28.2. The van der Waals surface area contributed by atoms with E-state index >= 15 is 0 Å². The lowest BCUT2D eigenvalue weighted by Crippen LogP contribution is -2.05. The Kier molecular flexibility index (Phi) is 12.0. The first kappa shape index (κ1) is 12.5. The molecule has 12 heavy (non-hydrogen) atoms. The van der Waals surface area contributed by atoms with Gasteiger partial charge in [-0.1, -0.05) is 0 Å². The van der Waals surface area contributed by atoms with E-state index in [-0.39, 0.29) is 19.5 Å². The highest BCUT2D eigenvalue weighted by Crippen LogP contribution is 1.90. The third-order valence-corrected chi connectivity index (χ3v) is 4.28. The molecule has 0 spiro atoms.